The molecule has 0 fully saturated rings. The lowest BCUT2D eigenvalue weighted by Crippen LogP contribution is -2.23. The van der Waals surface area contributed by atoms with Gasteiger partial charge in [0, 0.05) is 5.69 Å². The summed E-state index contributed by atoms with van der Waals surface area (Å²) in [7, 11) is 1.59. The van der Waals surface area contributed by atoms with Crippen LogP contribution in [-0.4, -0.2) is 24.7 Å². The maximum atomic E-state index is 10.2. The van der Waals surface area contributed by atoms with Crippen molar-refractivity contribution in [3.05, 3.63) is 59.7 Å². The minimum atomic E-state index is -0.734. The van der Waals surface area contributed by atoms with E-state index in [0.717, 1.165) is 11.3 Å². The van der Waals surface area contributed by atoms with Crippen LogP contribution in [0.5, 0.6) is 5.75 Å². The molecule has 0 aliphatic carbocycles. The number of nitrogens with one attached hydrogen (secondary N) is 1. The van der Waals surface area contributed by atoms with Crippen LogP contribution in [0.1, 0.15) is 37.0 Å². The Morgan fingerprint density at radius 2 is 1.88 bits per heavy atom. The molecule has 2 aromatic carbocycles. The van der Waals surface area contributed by atoms with E-state index in [1.807, 2.05) is 36.4 Å². The Bertz CT molecular complexity index is 699. The number of aliphatic hydroxyl groups excluding tert-OH is 1. The Morgan fingerprint density at radius 3 is 2.58 bits per heavy atom. The monoisotopic (exact) mass is 327 g/mol. The number of methoxy groups -OCH3 is 1. The maximum Gasteiger partial charge on any atom is 0.193 e. The summed E-state index contributed by atoms with van der Waals surface area (Å²) in [6, 6.07) is 15.3. The SMILES string of the molecule is COc1cccc(C(O)CN=C(N)Nc2cccc(C(C)C)c2)c1. The molecule has 0 radical (unpaired) electrons. The fourth-order valence-corrected chi connectivity index (χ4v) is 2.30. The third-order valence-electron chi connectivity index (χ3n) is 3.74. The molecule has 0 aliphatic heterocycles. The molecule has 0 heterocycles. The van der Waals surface area contributed by atoms with Crippen molar-refractivity contribution in [2.75, 3.05) is 19.0 Å². The van der Waals surface area contributed by atoms with Gasteiger partial charge in [-0.15, -0.1) is 0 Å². The lowest BCUT2D eigenvalue weighted by atomic mass is 10.0. The second-order valence-electron chi connectivity index (χ2n) is 5.92. The summed E-state index contributed by atoms with van der Waals surface area (Å²) in [5.74, 6) is 1.42. The Hall–Kier alpha value is -2.53. The summed E-state index contributed by atoms with van der Waals surface area (Å²) < 4.78 is 5.16. The van der Waals surface area contributed by atoms with Crippen molar-refractivity contribution in [2.45, 2.75) is 25.9 Å². The number of anilines is 1. The minimum Gasteiger partial charge on any atom is -0.497 e. The van der Waals surface area contributed by atoms with Gasteiger partial charge in [0.2, 0.25) is 0 Å². The quantitative estimate of drug-likeness (QED) is 0.562. The van der Waals surface area contributed by atoms with Gasteiger partial charge in [0.15, 0.2) is 5.96 Å². The summed E-state index contributed by atoms with van der Waals surface area (Å²) in [4.78, 5) is 4.22. The molecule has 0 aliphatic rings. The Kier molecular flexibility index (Phi) is 6.21. The van der Waals surface area contributed by atoms with E-state index in [1.165, 1.54) is 5.56 Å². The van der Waals surface area contributed by atoms with Gasteiger partial charge in [-0.2, -0.15) is 0 Å². The second-order valence-corrected chi connectivity index (χ2v) is 5.92. The molecule has 0 spiro atoms. The highest BCUT2D eigenvalue weighted by molar-refractivity contribution is 5.92. The van der Waals surface area contributed by atoms with Gasteiger partial charge in [0.25, 0.3) is 0 Å². The molecule has 0 bridgehead atoms. The van der Waals surface area contributed by atoms with E-state index in [1.54, 1.807) is 13.2 Å². The summed E-state index contributed by atoms with van der Waals surface area (Å²) in [6.07, 6.45) is -0.734. The van der Waals surface area contributed by atoms with Crippen LogP contribution in [0, 0.1) is 0 Å². The molecule has 5 nitrogen and oxygen atoms in total. The van der Waals surface area contributed by atoms with Gasteiger partial charge in [0.05, 0.1) is 19.8 Å². The first-order valence-corrected chi connectivity index (χ1v) is 7.98. The average Bonchev–Trinajstić information content (AvgIpc) is 2.60. The summed E-state index contributed by atoms with van der Waals surface area (Å²) in [5, 5.41) is 13.3. The van der Waals surface area contributed by atoms with Gasteiger partial charge < -0.3 is 20.9 Å². The topological polar surface area (TPSA) is 79.9 Å². The van der Waals surface area contributed by atoms with Crippen molar-refractivity contribution in [3.63, 3.8) is 0 Å². The zero-order valence-electron chi connectivity index (χ0n) is 14.4. The number of hydrogen-bond acceptors (Lipinski definition) is 3. The van der Waals surface area contributed by atoms with Gasteiger partial charge in [-0.3, -0.25) is 4.99 Å². The third kappa shape index (κ3) is 4.99. The number of aliphatic hydroxyl groups is 1. The molecule has 0 saturated heterocycles. The van der Waals surface area contributed by atoms with Crippen LogP contribution in [0.25, 0.3) is 0 Å². The number of hydrogen-bond donors (Lipinski definition) is 3. The fraction of sp³-hybridized carbons (Fsp3) is 0.316. The highest BCUT2D eigenvalue weighted by Gasteiger charge is 2.08. The highest BCUT2D eigenvalue weighted by atomic mass is 16.5. The first kappa shape index (κ1) is 17.8. The van der Waals surface area contributed by atoms with Gasteiger partial charge in [-0.05, 0) is 41.3 Å². The van der Waals surface area contributed by atoms with E-state index < -0.39 is 6.10 Å². The van der Waals surface area contributed by atoms with Crippen LogP contribution in [0.3, 0.4) is 0 Å². The van der Waals surface area contributed by atoms with Gasteiger partial charge >= 0.3 is 0 Å². The normalized spacial score (nSPS) is 13.0. The average molecular weight is 327 g/mol. The van der Waals surface area contributed by atoms with E-state index >= 15 is 0 Å². The maximum absolute atomic E-state index is 10.2. The molecule has 0 amide bonds. The molecule has 1 atom stereocenters. The molecular weight excluding hydrogens is 302 g/mol. The first-order chi connectivity index (χ1) is 11.5. The van der Waals surface area contributed by atoms with Gasteiger partial charge in [0.1, 0.15) is 5.75 Å². The third-order valence-corrected chi connectivity index (χ3v) is 3.74. The predicted molar refractivity (Wildman–Crippen MR) is 98.6 cm³/mol. The number of benzene rings is 2. The van der Waals surface area contributed by atoms with E-state index in [4.69, 9.17) is 10.5 Å². The highest BCUT2D eigenvalue weighted by Crippen LogP contribution is 2.20. The van der Waals surface area contributed by atoms with E-state index in [-0.39, 0.29) is 12.5 Å². The van der Waals surface area contributed by atoms with Crippen LogP contribution in [0.2, 0.25) is 0 Å². The van der Waals surface area contributed by atoms with Crippen molar-refractivity contribution in [1.29, 1.82) is 0 Å². The predicted octanol–water partition coefficient (Wildman–Crippen LogP) is 3.28. The molecule has 4 N–H and O–H groups in total. The molecule has 0 saturated carbocycles. The van der Waals surface area contributed by atoms with Crippen molar-refractivity contribution in [2.24, 2.45) is 10.7 Å². The van der Waals surface area contributed by atoms with Crippen LogP contribution in [0.15, 0.2) is 53.5 Å². The van der Waals surface area contributed by atoms with Crippen LogP contribution in [0.4, 0.5) is 5.69 Å². The molecule has 128 valence electrons. The fourth-order valence-electron chi connectivity index (χ4n) is 2.30. The van der Waals surface area contributed by atoms with E-state index in [9.17, 15) is 5.11 Å². The van der Waals surface area contributed by atoms with Crippen molar-refractivity contribution >= 4 is 11.6 Å². The smallest absolute Gasteiger partial charge is 0.193 e. The summed E-state index contributed by atoms with van der Waals surface area (Å²) >= 11 is 0. The van der Waals surface area contributed by atoms with Crippen molar-refractivity contribution in [1.82, 2.24) is 0 Å². The largest absolute Gasteiger partial charge is 0.497 e. The van der Waals surface area contributed by atoms with Crippen molar-refractivity contribution in [3.8, 4) is 5.75 Å². The zero-order chi connectivity index (χ0) is 17.5. The van der Waals surface area contributed by atoms with Crippen LogP contribution in [-0.2, 0) is 0 Å². The zero-order valence-corrected chi connectivity index (χ0v) is 14.4. The summed E-state index contributed by atoms with van der Waals surface area (Å²) in [6.45, 7) is 4.46. The molecule has 1 unspecified atom stereocenters. The number of guanidine groups is 1. The number of ether oxygens (including phenoxy) is 1. The van der Waals surface area contributed by atoms with E-state index in [2.05, 4.69) is 30.2 Å². The number of aliphatic imine (C=N–C) groups is 1. The lowest BCUT2D eigenvalue weighted by molar-refractivity contribution is 0.187. The number of rotatable bonds is 6. The van der Waals surface area contributed by atoms with Crippen LogP contribution >= 0.6 is 0 Å². The van der Waals surface area contributed by atoms with Gasteiger partial charge in [-0.1, -0.05) is 38.1 Å². The molecule has 5 heteroatoms. The van der Waals surface area contributed by atoms with Crippen molar-refractivity contribution < 1.29 is 9.84 Å². The van der Waals surface area contributed by atoms with E-state index in [0.29, 0.717) is 11.7 Å². The molecule has 2 rings (SSSR count). The molecule has 24 heavy (non-hydrogen) atoms. The van der Waals surface area contributed by atoms with Gasteiger partial charge in [-0.25, -0.2) is 0 Å². The lowest BCUT2D eigenvalue weighted by Gasteiger charge is -2.12. The number of nitrogens with zero attached hydrogens (tertiary/aromatic N) is 1. The second kappa shape index (κ2) is 8.36. The number of nitrogens with two attached hydrogens (primary N) is 1. The Balaban J connectivity index is 1.99. The minimum absolute atomic E-state index is 0.176. The summed E-state index contributed by atoms with van der Waals surface area (Å²) in [5.41, 5.74) is 8.77. The standard InChI is InChI=1S/C19H25N3O2/c1-13(2)14-6-4-8-16(10-14)22-19(20)21-12-18(23)15-7-5-9-17(11-15)24-3/h4-11,13,18,23H,12H2,1-3H3,(H3,20,21,22). The molecule has 2 aromatic rings. The first-order valence-electron chi connectivity index (χ1n) is 7.98. The molecule has 0 aromatic heterocycles. The van der Waals surface area contributed by atoms with Crippen LogP contribution < -0.4 is 15.8 Å². The Morgan fingerprint density at radius 1 is 1.17 bits per heavy atom. The Labute approximate surface area is 143 Å². The molecular formula is C19H25N3O2.